The van der Waals surface area contributed by atoms with Gasteiger partial charge >= 0.3 is 0 Å². The van der Waals surface area contributed by atoms with Crippen molar-refractivity contribution in [2.45, 2.75) is 37.6 Å². The van der Waals surface area contributed by atoms with Gasteiger partial charge in [0.1, 0.15) is 0 Å². The number of nitrogens with zero attached hydrogens (tertiary/aromatic N) is 2. The van der Waals surface area contributed by atoms with Crippen LogP contribution in [0, 0.1) is 0 Å². The average molecular weight is 429 g/mol. The standard InChI is InChI=1S/C23H28N2O4S/c1-24-21(19-9-8-12-30-19)20(23(27)25-10-6-4-5-7-11-25)15-13-17(28-2)18(29-3)14-16(15)22(24)26/h8-9,12-14,20-21H,4-7,10-11H2,1-3H3/t20-,21-/m1/s1. The summed E-state index contributed by atoms with van der Waals surface area (Å²) in [5, 5.41) is 1.99. The topological polar surface area (TPSA) is 59.1 Å². The number of carbonyl (C=O) groups excluding carboxylic acids is 2. The molecule has 2 aromatic rings. The van der Waals surface area contributed by atoms with Crippen LogP contribution >= 0.6 is 11.3 Å². The number of ether oxygens (including phenoxy) is 2. The molecule has 2 atom stereocenters. The van der Waals surface area contributed by atoms with Gasteiger partial charge in [0.15, 0.2) is 11.5 Å². The predicted molar refractivity (Wildman–Crippen MR) is 116 cm³/mol. The molecule has 2 aliphatic heterocycles. The molecule has 0 saturated carbocycles. The molecule has 0 N–H and O–H groups in total. The van der Waals surface area contributed by atoms with Crippen molar-refractivity contribution in [2.75, 3.05) is 34.4 Å². The van der Waals surface area contributed by atoms with E-state index in [2.05, 4.69) is 0 Å². The quantitative estimate of drug-likeness (QED) is 0.736. The third-order valence-corrected chi connectivity index (χ3v) is 7.14. The molecule has 0 aliphatic carbocycles. The van der Waals surface area contributed by atoms with Gasteiger partial charge in [-0.1, -0.05) is 18.9 Å². The van der Waals surface area contributed by atoms with Crippen LogP contribution in [0.5, 0.6) is 11.5 Å². The van der Waals surface area contributed by atoms with Gasteiger partial charge in [-0.05, 0) is 42.0 Å². The summed E-state index contributed by atoms with van der Waals surface area (Å²) >= 11 is 1.58. The summed E-state index contributed by atoms with van der Waals surface area (Å²) in [6, 6.07) is 7.17. The molecule has 0 spiro atoms. The lowest BCUT2D eigenvalue weighted by molar-refractivity contribution is -0.134. The molecule has 30 heavy (non-hydrogen) atoms. The molecule has 3 heterocycles. The second-order valence-electron chi connectivity index (χ2n) is 7.89. The molecule has 1 aromatic carbocycles. The van der Waals surface area contributed by atoms with Gasteiger partial charge in [0.2, 0.25) is 5.91 Å². The molecule has 160 valence electrons. The fraction of sp³-hybridized carbons (Fsp3) is 0.478. The highest BCUT2D eigenvalue weighted by Crippen LogP contribution is 2.47. The Kier molecular flexibility index (Phi) is 5.99. The molecular weight excluding hydrogens is 400 g/mol. The van der Waals surface area contributed by atoms with Gasteiger partial charge in [-0.15, -0.1) is 11.3 Å². The number of likely N-dealkylation sites (N-methyl/N-ethyl adjacent to an activating group) is 1. The van der Waals surface area contributed by atoms with E-state index in [9.17, 15) is 9.59 Å². The minimum atomic E-state index is -0.473. The summed E-state index contributed by atoms with van der Waals surface area (Å²) in [5.41, 5.74) is 1.24. The normalized spacial score (nSPS) is 21.8. The first-order chi connectivity index (χ1) is 14.6. The van der Waals surface area contributed by atoms with Crippen molar-refractivity contribution in [3.05, 3.63) is 45.6 Å². The number of amides is 2. The molecule has 6 nitrogen and oxygen atoms in total. The summed E-state index contributed by atoms with van der Waals surface area (Å²) < 4.78 is 10.9. The van der Waals surface area contributed by atoms with Crippen LogP contribution in [-0.2, 0) is 4.79 Å². The third-order valence-electron chi connectivity index (χ3n) is 6.19. The van der Waals surface area contributed by atoms with Crippen LogP contribution in [0.1, 0.15) is 58.4 Å². The highest BCUT2D eigenvalue weighted by molar-refractivity contribution is 7.10. The number of methoxy groups -OCH3 is 2. The monoisotopic (exact) mass is 428 g/mol. The number of hydrogen-bond acceptors (Lipinski definition) is 5. The van der Waals surface area contributed by atoms with Gasteiger partial charge in [-0.25, -0.2) is 0 Å². The van der Waals surface area contributed by atoms with E-state index in [1.807, 2.05) is 28.5 Å². The van der Waals surface area contributed by atoms with Crippen molar-refractivity contribution in [2.24, 2.45) is 0 Å². The molecule has 1 fully saturated rings. The lowest BCUT2D eigenvalue weighted by Crippen LogP contribution is -2.47. The maximum Gasteiger partial charge on any atom is 0.254 e. The number of benzene rings is 1. The molecule has 1 saturated heterocycles. The van der Waals surface area contributed by atoms with Gasteiger partial charge in [0.25, 0.3) is 5.91 Å². The van der Waals surface area contributed by atoms with Gasteiger partial charge in [0, 0.05) is 30.6 Å². The first kappa shape index (κ1) is 20.7. The van der Waals surface area contributed by atoms with Crippen molar-refractivity contribution in [1.82, 2.24) is 9.80 Å². The first-order valence-corrected chi connectivity index (χ1v) is 11.3. The van der Waals surface area contributed by atoms with Gasteiger partial charge in [0.05, 0.1) is 26.2 Å². The third kappa shape index (κ3) is 3.55. The zero-order valence-corrected chi connectivity index (χ0v) is 18.5. The zero-order valence-electron chi connectivity index (χ0n) is 17.7. The van der Waals surface area contributed by atoms with Gasteiger partial charge in [-0.3, -0.25) is 9.59 Å². The largest absolute Gasteiger partial charge is 0.493 e. The van der Waals surface area contributed by atoms with Crippen LogP contribution in [0.4, 0.5) is 0 Å². The number of likely N-dealkylation sites (tertiary alicyclic amines) is 1. The number of hydrogen-bond donors (Lipinski definition) is 0. The molecule has 4 rings (SSSR count). The number of fused-ring (bicyclic) bond motifs is 1. The van der Waals surface area contributed by atoms with Crippen LogP contribution in [0.3, 0.4) is 0 Å². The van der Waals surface area contributed by atoms with E-state index in [4.69, 9.17) is 9.47 Å². The van der Waals surface area contributed by atoms with E-state index in [1.54, 1.807) is 43.6 Å². The fourth-order valence-corrected chi connectivity index (χ4v) is 5.52. The molecule has 2 aliphatic rings. The Morgan fingerprint density at radius 1 is 1.07 bits per heavy atom. The molecular formula is C23H28N2O4S. The van der Waals surface area contributed by atoms with Crippen molar-refractivity contribution >= 4 is 23.2 Å². The van der Waals surface area contributed by atoms with Crippen LogP contribution in [0.15, 0.2) is 29.6 Å². The number of rotatable bonds is 4. The highest BCUT2D eigenvalue weighted by atomic mass is 32.1. The summed E-state index contributed by atoms with van der Waals surface area (Å²) in [5.74, 6) is 0.535. The Hall–Kier alpha value is -2.54. The minimum absolute atomic E-state index is 0.0862. The van der Waals surface area contributed by atoms with Crippen molar-refractivity contribution in [1.29, 1.82) is 0 Å². The van der Waals surface area contributed by atoms with Gasteiger partial charge < -0.3 is 19.3 Å². The number of carbonyl (C=O) groups is 2. The van der Waals surface area contributed by atoms with E-state index < -0.39 is 5.92 Å². The van der Waals surface area contributed by atoms with Gasteiger partial charge in [-0.2, -0.15) is 0 Å². The second kappa shape index (κ2) is 8.68. The van der Waals surface area contributed by atoms with Crippen LogP contribution < -0.4 is 9.47 Å². The van der Waals surface area contributed by atoms with Crippen molar-refractivity contribution in [3.63, 3.8) is 0 Å². The van der Waals surface area contributed by atoms with E-state index in [1.165, 1.54) is 0 Å². The average Bonchev–Trinajstić information content (AvgIpc) is 3.15. The van der Waals surface area contributed by atoms with E-state index in [0.717, 1.165) is 49.2 Å². The Morgan fingerprint density at radius 3 is 2.33 bits per heavy atom. The Balaban J connectivity index is 1.87. The summed E-state index contributed by atoms with van der Waals surface area (Å²) in [4.78, 5) is 31.9. The fourth-order valence-electron chi connectivity index (χ4n) is 4.62. The van der Waals surface area contributed by atoms with Crippen LogP contribution in [0.2, 0.25) is 0 Å². The smallest absolute Gasteiger partial charge is 0.254 e. The van der Waals surface area contributed by atoms with E-state index in [-0.39, 0.29) is 17.9 Å². The molecule has 0 bridgehead atoms. The highest BCUT2D eigenvalue weighted by Gasteiger charge is 2.45. The van der Waals surface area contributed by atoms with Crippen molar-refractivity contribution in [3.8, 4) is 11.5 Å². The van der Waals surface area contributed by atoms with E-state index in [0.29, 0.717) is 17.1 Å². The van der Waals surface area contributed by atoms with E-state index >= 15 is 0 Å². The Bertz CT molecular complexity index is 920. The molecule has 0 radical (unpaired) electrons. The molecule has 2 amide bonds. The van der Waals surface area contributed by atoms with Crippen LogP contribution in [0.25, 0.3) is 0 Å². The maximum atomic E-state index is 13.9. The predicted octanol–water partition coefficient (Wildman–Crippen LogP) is 4.08. The van der Waals surface area contributed by atoms with Crippen molar-refractivity contribution < 1.29 is 19.1 Å². The molecule has 1 aromatic heterocycles. The van der Waals surface area contributed by atoms with Crippen LogP contribution in [-0.4, -0.2) is 56.0 Å². The maximum absolute atomic E-state index is 13.9. The number of thiophene rings is 1. The SMILES string of the molecule is COc1cc2c(cc1OC)[C@@H](C(=O)N1CCCCCC1)[C@@H](c1cccs1)N(C)C2=O. The minimum Gasteiger partial charge on any atom is -0.493 e. The Morgan fingerprint density at radius 2 is 1.73 bits per heavy atom. The second-order valence-corrected chi connectivity index (χ2v) is 8.87. The Labute approximate surface area is 181 Å². The lowest BCUT2D eigenvalue weighted by Gasteiger charge is -2.41. The first-order valence-electron chi connectivity index (χ1n) is 10.4. The molecule has 7 heteroatoms. The summed E-state index contributed by atoms with van der Waals surface area (Å²) in [6.07, 6.45) is 4.36. The summed E-state index contributed by atoms with van der Waals surface area (Å²) in [7, 11) is 4.91. The lowest BCUT2D eigenvalue weighted by atomic mass is 9.81. The zero-order chi connectivity index (χ0) is 21.3. The molecule has 0 unspecified atom stereocenters. The summed E-state index contributed by atoms with van der Waals surface area (Å²) in [6.45, 7) is 1.54.